The molecular formula is C14H22N2O2S. The molecule has 0 heterocycles. The first kappa shape index (κ1) is 15.9. The largest absolute Gasteiger partial charge is 0.492 e. The van der Waals surface area contributed by atoms with E-state index in [-0.39, 0.29) is 5.91 Å². The third-order valence-electron chi connectivity index (χ3n) is 2.38. The number of ether oxygens (including phenoxy) is 1. The van der Waals surface area contributed by atoms with Gasteiger partial charge < -0.3 is 15.0 Å². The topological polar surface area (TPSA) is 41.6 Å². The second-order valence-corrected chi connectivity index (χ2v) is 5.44. The van der Waals surface area contributed by atoms with Gasteiger partial charge in [-0.2, -0.15) is 11.8 Å². The summed E-state index contributed by atoms with van der Waals surface area (Å²) in [5, 5.41) is 2.89. The Balaban J connectivity index is 2.39. The van der Waals surface area contributed by atoms with Crippen LogP contribution >= 0.6 is 11.8 Å². The van der Waals surface area contributed by atoms with Gasteiger partial charge in [-0.1, -0.05) is 12.1 Å². The van der Waals surface area contributed by atoms with Crippen LogP contribution in [0.4, 0.5) is 5.69 Å². The molecule has 1 aromatic carbocycles. The van der Waals surface area contributed by atoms with E-state index in [1.54, 1.807) is 11.8 Å². The average molecular weight is 282 g/mol. The van der Waals surface area contributed by atoms with Crippen molar-refractivity contribution in [3.63, 3.8) is 0 Å². The monoisotopic (exact) mass is 282 g/mol. The minimum Gasteiger partial charge on any atom is -0.492 e. The zero-order valence-electron chi connectivity index (χ0n) is 11.8. The summed E-state index contributed by atoms with van der Waals surface area (Å²) >= 11 is 1.63. The van der Waals surface area contributed by atoms with Gasteiger partial charge in [-0.05, 0) is 33.2 Å². The fraction of sp³-hybridized carbons (Fsp3) is 0.500. The second-order valence-electron chi connectivity index (χ2n) is 4.33. The van der Waals surface area contributed by atoms with Crippen LogP contribution in [0.3, 0.4) is 0 Å². The molecule has 0 radical (unpaired) electrons. The lowest BCUT2D eigenvalue weighted by atomic mass is 10.3. The molecule has 5 heteroatoms. The number of hydrogen-bond acceptors (Lipinski definition) is 4. The van der Waals surface area contributed by atoms with Crippen molar-refractivity contribution < 1.29 is 9.53 Å². The minimum atomic E-state index is 0.0101. The molecule has 0 atom stereocenters. The highest BCUT2D eigenvalue weighted by atomic mass is 32.2. The number of nitrogens with one attached hydrogen (secondary N) is 1. The van der Waals surface area contributed by atoms with E-state index < -0.39 is 0 Å². The van der Waals surface area contributed by atoms with Crippen molar-refractivity contribution in [3.05, 3.63) is 24.3 Å². The summed E-state index contributed by atoms with van der Waals surface area (Å²) in [5.41, 5.74) is 0.738. The Labute approximate surface area is 119 Å². The van der Waals surface area contributed by atoms with E-state index in [9.17, 15) is 4.79 Å². The Morgan fingerprint density at radius 2 is 2.11 bits per heavy atom. The molecular weight excluding hydrogens is 260 g/mol. The summed E-state index contributed by atoms with van der Waals surface area (Å²) in [6.45, 7) is 3.49. The van der Waals surface area contributed by atoms with Crippen LogP contribution < -0.4 is 10.1 Å². The van der Waals surface area contributed by atoms with E-state index in [4.69, 9.17) is 4.74 Å². The van der Waals surface area contributed by atoms with Gasteiger partial charge in [0.15, 0.2) is 0 Å². The summed E-state index contributed by atoms with van der Waals surface area (Å²) in [6, 6.07) is 7.50. The molecule has 0 aliphatic carbocycles. The number of carbonyl (C=O) groups excluding carboxylic acids is 1. The molecule has 0 saturated heterocycles. The first-order valence-corrected chi connectivity index (χ1v) is 7.53. The summed E-state index contributed by atoms with van der Waals surface area (Å²) < 4.78 is 5.47. The maximum absolute atomic E-state index is 11.8. The number of benzene rings is 1. The second kappa shape index (κ2) is 8.82. The lowest BCUT2D eigenvalue weighted by Gasteiger charge is -2.11. The van der Waals surface area contributed by atoms with E-state index in [1.807, 2.05) is 45.3 Å². The lowest BCUT2D eigenvalue weighted by molar-refractivity contribution is -0.113. The number of para-hydroxylation sites is 2. The number of thioether (sulfide) groups is 1. The van der Waals surface area contributed by atoms with Crippen LogP contribution in [0.15, 0.2) is 24.3 Å². The van der Waals surface area contributed by atoms with Crippen LogP contribution in [0, 0.1) is 0 Å². The normalized spacial score (nSPS) is 10.5. The Hall–Kier alpha value is -1.20. The van der Waals surface area contributed by atoms with Crippen LogP contribution in [0.25, 0.3) is 0 Å². The van der Waals surface area contributed by atoms with E-state index >= 15 is 0 Å². The molecule has 4 nitrogen and oxygen atoms in total. The molecule has 0 bridgehead atoms. The quantitative estimate of drug-likeness (QED) is 0.743. The average Bonchev–Trinajstić information content (AvgIpc) is 2.37. The van der Waals surface area contributed by atoms with Crippen LogP contribution in [-0.2, 0) is 4.79 Å². The molecule has 0 saturated carbocycles. The van der Waals surface area contributed by atoms with Crippen molar-refractivity contribution >= 4 is 23.4 Å². The maximum atomic E-state index is 11.8. The minimum absolute atomic E-state index is 0.0101. The van der Waals surface area contributed by atoms with Crippen molar-refractivity contribution in [2.24, 2.45) is 0 Å². The van der Waals surface area contributed by atoms with Crippen molar-refractivity contribution in [1.29, 1.82) is 0 Å². The van der Waals surface area contributed by atoms with Gasteiger partial charge in [0.05, 0.1) is 18.0 Å². The fourth-order valence-corrected chi connectivity index (χ4v) is 2.35. The summed E-state index contributed by atoms with van der Waals surface area (Å²) in [4.78, 5) is 13.9. The van der Waals surface area contributed by atoms with Gasteiger partial charge in [-0.25, -0.2) is 0 Å². The third-order valence-corrected chi connectivity index (χ3v) is 3.31. The zero-order chi connectivity index (χ0) is 14.1. The summed E-state index contributed by atoms with van der Waals surface area (Å²) in [5.74, 6) is 2.15. The molecule has 0 aliphatic heterocycles. The number of hydrogen-bond donors (Lipinski definition) is 1. The highest BCUT2D eigenvalue weighted by Crippen LogP contribution is 2.23. The van der Waals surface area contributed by atoms with Gasteiger partial charge in [0.2, 0.25) is 5.91 Å². The third kappa shape index (κ3) is 6.50. The van der Waals surface area contributed by atoms with Crippen LogP contribution in [-0.4, -0.2) is 49.6 Å². The van der Waals surface area contributed by atoms with E-state index in [2.05, 4.69) is 10.2 Å². The first-order valence-electron chi connectivity index (χ1n) is 6.37. The molecule has 0 unspecified atom stereocenters. The Kier molecular flexibility index (Phi) is 7.36. The van der Waals surface area contributed by atoms with Crippen molar-refractivity contribution in [2.45, 2.75) is 6.92 Å². The molecule has 0 fully saturated rings. The van der Waals surface area contributed by atoms with Crippen LogP contribution in [0.5, 0.6) is 5.75 Å². The van der Waals surface area contributed by atoms with Gasteiger partial charge in [0, 0.05) is 12.3 Å². The van der Waals surface area contributed by atoms with E-state index in [1.165, 1.54) is 0 Å². The van der Waals surface area contributed by atoms with Crippen molar-refractivity contribution in [1.82, 2.24) is 4.90 Å². The number of carbonyl (C=O) groups is 1. The fourth-order valence-electron chi connectivity index (χ4n) is 1.45. The first-order chi connectivity index (χ1) is 9.13. The zero-order valence-corrected chi connectivity index (χ0v) is 12.6. The number of anilines is 1. The highest BCUT2D eigenvalue weighted by Gasteiger charge is 2.07. The number of nitrogens with zero attached hydrogens (tertiary/aromatic N) is 1. The molecule has 0 aliphatic rings. The van der Waals surface area contributed by atoms with Crippen molar-refractivity contribution in [3.8, 4) is 5.75 Å². The van der Waals surface area contributed by atoms with Crippen molar-refractivity contribution in [2.75, 3.05) is 44.1 Å². The predicted octanol–water partition coefficient (Wildman–Crippen LogP) is 2.32. The predicted molar refractivity (Wildman–Crippen MR) is 82.1 cm³/mol. The smallest absolute Gasteiger partial charge is 0.234 e. The van der Waals surface area contributed by atoms with Crippen LogP contribution in [0.1, 0.15) is 6.92 Å². The number of amides is 1. The Morgan fingerprint density at radius 3 is 2.79 bits per heavy atom. The van der Waals surface area contributed by atoms with Gasteiger partial charge >= 0.3 is 0 Å². The highest BCUT2D eigenvalue weighted by molar-refractivity contribution is 7.99. The van der Waals surface area contributed by atoms with Gasteiger partial charge in [-0.15, -0.1) is 0 Å². The molecule has 0 spiro atoms. The maximum Gasteiger partial charge on any atom is 0.234 e. The Morgan fingerprint density at radius 1 is 1.37 bits per heavy atom. The standard InChI is InChI=1S/C14H22N2O2S/c1-4-18-13-8-6-5-7-12(13)15-14(17)11-19-10-9-16(2)3/h5-8H,4,9-11H2,1-3H3,(H,15,17). The number of rotatable bonds is 8. The molecule has 1 rings (SSSR count). The molecule has 0 aromatic heterocycles. The molecule has 1 aromatic rings. The summed E-state index contributed by atoms with van der Waals surface area (Å²) in [6.07, 6.45) is 0. The molecule has 106 valence electrons. The van der Waals surface area contributed by atoms with Gasteiger partial charge in [-0.3, -0.25) is 4.79 Å². The molecule has 1 amide bonds. The van der Waals surface area contributed by atoms with E-state index in [0.717, 1.165) is 23.7 Å². The van der Waals surface area contributed by atoms with Gasteiger partial charge in [0.25, 0.3) is 0 Å². The Bertz CT molecular complexity index is 397. The SMILES string of the molecule is CCOc1ccccc1NC(=O)CSCCN(C)C. The lowest BCUT2D eigenvalue weighted by Crippen LogP contribution is -2.18. The molecule has 19 heavy (non-hydrogen) atoms. The molecule has 1 N–H and O–H groups in total. The van der Waals surface area contributed by atoms with E-state index in [0.29, 0.717) is 12.4 Å². The van der Waals surface area contributed by atoms with Gasteiger partial charge in [0.1, 0.15) is 5.75 Å². The summed E-state index contributed by atoms with van der Waals surface area (Å²) in [7, 11) is 4.05. The van der Waals surface area contributed by atoms with Crippen LogP contribution in [0.2, 0.25) is 0 Å².